The normalized spacial score (nSPS) is 20.4. The van der Waals surface area contributed by atoms with Crippen LogP contribution in [-0.2, 0) is 0 Å². The molecule has 0 spiro atoms. The molecule has 1 aromatic carbocycles. The minimum Gasteiger partial charge on any atom is -0.376 e. The summed E-state index contributed by atoms with van der Waals surface area (Å²) < 4.78 is 0. The van der Waals surface area contributed by atoms with Gasteiger partial charge < -0.3 is 9.80 Å². The SMILES string of the molecule is CN1CCB2C3=C(C=CC3)N(C)c3cccc1c32. The Morgan fingerprint density at radius 2 is 2.00 bits per heavy atom. The smallest absolute Gasteiger partial charge is 0.214 e. The van der Waals surface area contributed by atoms with Crippen molar-refractivity contribution in [2.45, 2.75) is 12.7 Å². The van der Waals surface area contributed by atoms with Crippen LogP contribution in [0.15, 0.2) is 41.5 Å². The van der Waals surface area contributed by atoms with Crippen molar-refractivity contribution in [2.75, 3.05) is 30.4 Å². The van der Waals surface area contributed by atoms with Crippen LogP contribution < -0.4 is 15.3 Å². The predicted molar refractivity (Wildman–Crippen MR) is 79.1 cm³/mol. The lowest BCUT2D eigenvalue weighted by Gasteiger charge is -2.40. The number of rotatable bonds is 0. The fourth-order valence-corrected chi connectivity index (χ4v) is 3.75. The molecule has 0 bridgehead atoms. The van der Waals surface area contributed by atoms with Gasteiger partial charge in [0.2, 0.25) is 6.71 Å². The summed E-state index contributed by atoms with van der Waals surface area (Å²) >= 11 is 0. The molecule has 0 N–H and O–H groups in total. The first kappa shape index (κ1) is 10.3. The molecular weight excluding hydrogens is 219 g/mol. The third-order valence-corrected chi connectivity index (χ3v) is 4.66. The van der Waals surface area contributed by atoms with Crippen molar-refractivity contribution in [3.8, 4) is 0 Å². The van der Waals surface area contributed by atoms with Crippen LogP contribution in [0, 0.1) is 0 Å². The van der Waals surface area contributed by atoms with Crippen LogP contribution in [0.5, 0.6) is 0 Å². The number of hydrogen-bond acceptors (Lipinski definition) is 2. The van der Waals surface area contributed by atoms with Gasteiger partial charge in [0.25, 0.3) is 0 Å². The standard InChI is InChI=1S/C15H17BN2/c1-17-10-9-16-11-5-3-6-12(11)18(2)14-8-4-7-13(17)15(14)16/h3-4,6-8H,5,9-10H2,1-2H3. The maximum atomic E-state index is 2.40. The van der Waals surface area contributed by atoms with Crippen LogP contribution in [0.2, 0.25) is 6.32 Å². The topological polar surface area (TPSA) is 6.48 Å². The molecule has 1 aliphatic carbocycles. The van der Waals surface area contributed by atoms with E-state index in [4.69, 9.17) is 0 Å². The van der Waals surface area contributed by atoms with Crippen LogP contribution in [0.25, 0.3) is 0 Å². The van der Waals surface area contributed by atoms with Crippen molar-refractivity contribution in [3.63, 3.8) is 0 Å². The van der Waals surface area contributed by atoms with Gasteiger partial charge in [-0.1, -0.05) is 17.6 Å². The summed E-state index contributed by atoms with van der Waals surface area (Å²) in [6.45, 7) is 1.82. The Morgan fingerprint density at radius 1 is 1.17 bits per heavy atom. The second kappa shape index (κ2) is 3.44. The molecule has 3 heteroatoms. The molecule has 0 saturated heterocycles. The lowest BCUT2D eigenvalue weighted by molar-refractivity contribution is 0.941. The third-order valence-electron chi connectivity index (χ3n) is 4.66. The number of nitrogens with zero attached hydrogens (tertiary/aromatic N) is 2. The molecular formula is C15H17BN2. The fourth-order valence-electron chi connectivity index (χ4n) is 3.75. The second-order valence-electron chi connectivity index (χ2n) is 5.55. The monoisotopic (exact) mass is 236 g/mol. The van der Waals surface area contributed by atoms with Crippen LogP contribution in [0.1, 0.15) is 6.42 Å². The molecule has 3 aliphatic rings. The third kappa shape index (κ3) is 1.14. The second-order valence-corrected chi connectivity index (χ2v) is 5.55. The van der Waals surface area contributed by atoms with E-state index in [1.165, 1.54) is 29.9 Å². The van der Waals surface area contributed by atoms with Crippen LogP contribution in [-0.4, -0.2) is 27.4 Å². The van der Waals surface area contributed by atoms with E-state index < -0.39 is 0 Å². The van der Waals surface area contributed by atoms with Crippen LogP contribution in [0.3, 0.4) is 0 Å². The lowest BCUT2D eigenvalue weighted by Crippen LogP contribution is -2.49. The van der Waals surface area contributed by atoms with Crippen molar-refractivity contribution >= 4 is 23.6 Å². The van der Waals surface area contributed by atoms with E-state index in [-0.39, 0.29) is 0 Å². The number of allylic oxidation sites excluding steroid dienone is 3. The summed E-state index contributed by atoms with van der Waals surface area (Å²) in [4.78, 5) is 4.77. The average Bonchev–Trinajstić information content (AvgIpc) is 2.87. The van der Waals surface area contributed by atoms with Crippen molar-refractivity contribution in [1.29, 1.82) is 0 Å². The first-order valence-corrected chi connectivity index (χ1v) is 6.74. The highest BCUT2D eigenvalue weighted by molar-refractivity contribution is 6.83. The molecule has 0 aromatic heterocycles. The van der Waals surface area contributed by atoms with Gasteiger partial charge in [-0.15, -0.1) is 0 Å². The molecule has 0 atom stereocenters. The Morgan fingerprint density at radius 3 is 2.89 bits per heavy atom. The minimum atomic E-state index is 0.647. The number of anilines is 2. The maximum absolute atomic E-state index is 2.40. The molecule has 2 heterocycles. The van der Waals surface area contributed by atoms with Gasteiger partial charge in [-0.3, -0.25) is 0 Å². The highest BCUT2D eigenvalue weighted by atomic mass is 15.1. The molecule has 4 rings (SSSR count). The molecule has 0 fully saturated rings. The van der Waals surface area contributed by atoms with Crippen molar-refractivity contribution in [2.24, 2.45) is 0 Å². The summed E-state index contributed by atoms with van der Waals surface area (Å²) in [5.74, 6) is 0. The molecule has 0 unspecified atom stereocenters. The average molecular weight is 236 g/mol. The summed E-state index contributed by atoms with van der Waals surface area (Å²) in [6.07, 6.45) is 7.00. The van der Waals surface area contributed by atoms with Crippen molar-refractivity contribution in [3.05, 3.63) is 41.5 Å². The molecule has 2 nitrogen and oxygen atoms in total. The first-order chi connectivity index (χ1) is 8.77. The van der Waals surface area contributed by atoms with Gasteiger partial charge in [-0.25, -0.2) is 0 Å². The van der Waals surface area contributed by atoms with Gasteiger partial charge in [-0.2, -0.15) is 0 Å². The lowest BCUT2D eigenvalue weighted by atomic mass is 9.35. The summed E-state index contributed by atoms with van der Waals surface area (Å²) in [6, 6.07) is 6.72. The summed E-state index contributed by atoms with van der Waals surface area (Å²) in [5, 5.41) is 0. The van der Waals surface area contributed by atoms with Gasteiger partial charge in [0.15, 0.2) is 0 Å². The molecule has 90 valence electrons. The Bertz CT molecular complexity index is 588. The van der Waals surface area contributed by atoms with Crippen molar-refractivity contribution in [1.82, 2.24) is 0 Å². The molecule has 2 aliphatic heterocycles. The van der Waals surface area contributed by atoms with E-state index in [1.54, 1.807) is 10.9 Å². The van der Waals surface area contributed by atoms with Crippen molar-refractivity contribution < 1.29 is 0 Å². The fraction of sp³-hybridized carbons (Fsp3) is 0.333. The highest BCUT2D eigenvalue weighted by Gasteiger charge is 2.38. The van der Waals surface area contributed by atoms with E-state index in [1.807, 2.05) is 0 Å². The van der Waals surface area contributed by atoms with Gasteiger partial charge in [0.1, 0.15) is 0 Å². The van der Waals surface area contributed by atoms with E-state index in [0.717, 1.165) is 6.42 Å². The van der Waals surface area contributed by atoms with E-state index in [2.05, 4.69) is 54.2 Å². The highest BCUT2D eigenvalue weighted by Crippen LogP contribution is 2.37. The number of hydrogen-bond donors (Lipinski definition) is 0. The number of likely N-dealkylation sites (N-methyl/N-ethyl adjacent to an activating group) is 1. The van der Waals surface area contributed by atoms with Crippen LogP contribution in [0.4, 0.5) is 11.4 Å². The Labute approximate surface area is 109 Å². The van der Waals surface area contributed by atoms with Crippen LogP contribution >= 0.6 is 0 Å². The zero-order chi connectivity index (χ0) is 12.3. The van der Waals surface area contributed by atoms with Gasteiger partial charge in [-0.05, 0) is 36.4 Å². The Hall–Kier alpha value is -1.64. The molecule has 0 amide bonds. The predicted octanol–water partition coefficient (Wildman–Crippen LogP) is 2.04. The Balaban J connectivity index is 1.98. The van der Waals surface area contributed by atoms with E-state index in [9.17, 15) is 0 Å². The van der Waals surface area contributed by atoms with Gasteiger partial charge >= 0.3 is 0 Å². The zero-order valence-corrected chi connectivity index (χ0v) is 11.0. The van der Waals surface area contributed by atoms with E-state index >= 15 is 0 Å². The molecule has 0 saturated carbocycles. The molecule has 18 heavy (non-hydrogen) atoms. The minimum absolute atomic E-state index is 0.647. The number of benzene rings is 1. The Kier molecular flexibility index (Phi) is 1.97. The number of fused-ring (bicyclic) bond motifs is 1. The quantitative estimate of drug-likeness (QED) is 0.636. The van der Waals surface area contributed by atoms with Gasteiger partial charge in [0.05, 0.1) is 0 Å². The molecule has 1 aromatic rings. The van der Waals surface area contributed by atoms with Gasteiger partial charge in [0, 0.05) is 37.7 Å². The molecule has 0 radical (unpaired) electrons. The van der Waals surface area contributed by atoms with E-state index in [0.29, 0.717) is 6.71 Å². The summed E-state index contributed by atoms with van der Waals surface area (Å²) in [7, 11) is 4.41. The zero-order valence-electron chi connectivity index (χ0n) is 11.0. The maximum Gasteiger partial charge on any atom is 0.214 e. The summed E-state index contributed by atoms with van der Waals surface area (Å²) in [5.41, 5.74) is 7.44. The largest absolute Gasteiger partial charge is 0.376 e. The first-order valence-electron chi connectivity index (χ1n) is 6.74.